The van der Waals surface area contributed by atoms with Crippen molar-refractivity contribution in [3.05, 3.63) is 132 Å². The summed E-state index contributed by atoms with van der Waals surface area (Å²) in [5.41, 5.74) is 14.5. The zero-order valence-electron chi connectivity index (χ0n) is 23.6. The predicted molar refractivity (Wildman–Crippen MR) is 196 cm³/mol. The number of benzene rings is 5. The molecule has 0 fully saturated rings. The summed E-state index contributed by atoms with van der Waals surface area (Å²) in [6.07, 6.45) is 0. The Hall–Kier alpha value is -3.54. The Kier molecular flexibility index (Phi) is 6.91. The Morgan fingerprint density at radius 1 is 0.714 bits per heavy atom. The van der Waals surface area contributed by atoms with Gasteiger partial charge in [-0.3, -0.25) is 0 Å². The van der Waals surface area contributed by atoms with Gasteiger partial charge in [0.25, 0.3) is 0 Å². The molecule has 1 N–H and O–H groups in total. The molecule has 0 bridgehead atoms. The molecule has 0 aromatic heterocycles. The number of hydrogen-bond acceptors (Lipinski definition) is 2. The van der Waals surface area contributed by atoms with Gasteiger partial charge in [-0.25, -0.2) is 0 Å². The average Bonchev–Trinajstić information content (AvgIpc) is 3.26. The van der Waals surface area contributed by atoms with Crippen LogP contribution >= 0.6 is 45.7 Å². The standard InChI is InChI=1S/C38H28I2N2/c1-38(2)32-19-7-6-15-30(32)35-28(16-10-20-33(35)38)25-12-8-13-26(23-25)29-17-9-18-31(37(29)42(3)40)36-27-14-5-4-11-24(27)21-22-34(36)41-39/h4-7,9-12,14-23,41H,1-3H3. The van der Waals surface area contributed by atoms with Crippen LogP contribution in [-0.4, -0.2) is 7.05 Å². The Bertz CT molecular complexity index is 1990. The number of nitrogens with one attached hydrogen (secondary N) is 1. The van der Waals surface area contributed by atoms with Gasteiger partial charge in [-0.15, -0.1) is 0 Å². The highest BCUT2D eigenvalue weighted by molar-refractivity contribution is 14.1. The average molecular weight is 766 g/mol. The van der Waals surface area contributed by atoms with Gasteiger partial charge >= 0.3 is 0 Å². The minimum atomic E-state index is -0.0380. The van der Waals surface area contributed by atoms with E-state index in [0.29, 0.717) is 0 Å². The van der Waals surface area contributed by atoms with Gasteiger partial charge in [0.1, 0.15) is 0 Å². The van der Waals surface area contributed by atoms with Gasteiger partial charge in [-0.05, 0) is 62.4 Å². The summed E-state index contributed by atoms with van der Waals surface area (Å²) >= 11 is 4.63. The summed E-state index contributed by atoms with van der Waals surface area (Å²) < 4.78 is 5.61. The lowest BCUT2D eigenvalue weighted by Gasteiger charge is -2.23. The molecule has 0 spiro atoms. The smallest absolute Gasteiger partial charge is 0.0618 e. The lowest BCUT2D eigenvalue weighted by molar-refractivity contribution is 0.660. The van der Waals surface area contributed by atoms with E-state index in [1.165, 1.54) is 49.7 Å². The lowest BCUT2D eigenvalue weighted by atomic mass is 9.82. The Labute approximate surface area is 275 Å². The van der Waals surface area contributed by atoms with Gasteiger partial charge in [-0.2, -0.15) is 0 Å². The fourth-order valence-electron chi connectivity index (χ4n) is 6.66. The number of anilines is 2. The zero-order valence-corrected chi connectivity index (χ0v) is 27.9. The van der Waals surface area contributed by atoms with Gasteiger partial charge in [-0.1, -0.05) is 117 Å². The topological polar surface area (TPSA) is 15.3 Å². The second-order valence-electron chi connectivity index (χ2n) is 11.3. The van der Waals surface area contributed by atoms with Crippen molar-refractivity contribution in [2.45, 2.75) is 19.3 Å². The van der Waals surface area contributed by atoms with Crippen LogP contribution in [0.3, 0.4) is 0 Å². The molecule has 0 amide bonds. The first-order valence-electron chi connectivity index (χ1n) is 14.0. The van der Waals surface area contributed by atoms with Crippen molar-refractivity contribution in [1.29, 1.82) is 0 Å². The molecule has 0 aliphatic heterocycles. The molecule has 0 saturated heterocycles. The summed E-state index contributed by atoms with van der Waals surface area (Å²) in [7, 11) is 2.11. The molecule has 0 radical (unpaired) electrons. The Balaban J connectivity index is 1.44. The molecule has 2 nitrogen and oxygen atoms in total. The second kappa shape index (κ2) is 10.6. The number of hydrogen-bond donors (Lipinski definition) is 1. The van der Waals surface area contributed by atoms with Crippen LogP contribution in [0, 0.1) is 12.1 Å². The maximum absolute atomic E-state index is 3.47. The van der Waals surface area contributed by atoms with Crippen LogP contribution in [-0.2, 0) is 5.41 Å². The lowest BCUT2D eigenvalue weighted by Crippen LogP contribution is -2.14. The van der Waals surface area contributed by atoms with E-state index in [4.69, 9.17) is 0 Å². The largest absolute Gasteiger partial charge is 0.328 e. The van der Waals surface area contributed by atoms with Crippen molar-refractivity contribution in [2.75, 3.05) is 13.7 Å². The van der Waals surface area contributed by atoms with Gasteiger partial charge in [0.15, 0.2) is 0 Å². The number of rotatable bonds is 5. The van der Waals surface area contributed by atoms with E-state index in [1.807, 2.05) is 0 Å². The summed E-state index contributed by atoms with van der Waals surface area (Å²) in [5.74, 6) is 0. The van der Waals surface area contributed by atoms with Gasteiger partial charge in [0.05, 0.1) is 57.1 Å². The molecule has 6 aromatic rings. The number of fused-ring (bicyclic) bond motifs is 4. The summed E-state index contributed by atoms with van der Waals surface area (Å²) in [6, 6.07) is 46.3. The molecule has 0 atom stereocenters. The number of para-hydroxylation sites is 1. The summed E-state index contributed by atoms with van der Waals surface area (Å²) in [4.78, 5) is 0. The molecular formula is C38H28I2N2. The van der Waals surface area contributed by atoms with Crippen LogP contribution in [0.4, 0.5) is 11.4 Å². The molecule has 7 rings (SSSR count). The zero-order chi connectivity index (χ0) is 29.0. The fraction of sp³-hybridized carbons (Fsp3) is 0.105. The van der Waals surface area contributed by atoms with Crippen LogP contribution in [0.5, 0.6) is 0 Å². The van der Waals surface area contributed by atoms with Crippen LogP contribution in [0.15, 0.2) is 109 Å². The number of nitrogens with zero attached hydrogens (tertiary/aromatic N) is 1. The third kappa shape index (κ3) is 4.28. The van der Waals surface area contributed by atoms with Crippen molar-refractivity contribution in [1.82, 2.24) is 0 Å². The summed E-state index contributed by atoms with van der Waals surface area (Å²) in [5, 5.41) is 2.44. The molecule has 4 heteroatoms. The van der Waals surface area contributed by atoms with Crippen molar-refractivity contribution in [3.63, 3.8) is 0 Å². The highest BCUT2D eigenvalue weighted by Gasteiger charge is 2.36. The third-order valence-electron chi connectivity index (χ3n) is 8.59. The molecule has 42 heavy (non-hydrogen) atoms. The van der Waals surface area contributed by atoms with E-state index < -0.39 is 0 Å². The molecule has 0 unspecified atom stereocenters. The Morgan fingerprint density at radius 3 is 2.24 bits per heavy atom. The van der Waals surface area contributed by atoms with Crippen molar-refractivity contribution in [2.24, 2.45) is 0 Å². The van der Waals surface area contributed by atoms with Crippen LogP contribution in [0.25, 0.3) is 55.3 Å². The number of halogens is 2. The molecular weight excluding hydrogens is 738 g/mol. The first-order chi connectivity index (χ1) is 20.4. The normalized spacial score (nSPS) is 12.9. The highest BCUT2D eigenvalue weighted by atomic mass is 127. The predicted octanol–water partition coefficient (Wildman–Crippen LogP) is 11.3. The molecule has 0 saturated carbocycles. The van der Waals surface area contributed by atoms with E-state index in [0.717, 1.165) is 28.1 Å². The van der Waals surface area contributed by atoms with E-state index in [9.17, 15) is 0 Å². The molecule has 204 valence electrons. The van der Waals surface area contributed by atoms with E-state index >= 15 is 0 Å². The molecule has 0 heterocycles. The SMILES string of the molecule is CN(I)c1c(-c2c#ccc(-c3cccc4c3-c3ccccc3C4(C)C)c2)cccc1-c1c(NI)ccc2ccccc12. The maximum Gasteiger partial charge on any atom is 0.0618 e. The van der Waals surface area contributed by atoms with Crippen molar-refractivity contribution < 1.29 is 0 Å². The monoisotopic (exact) mass is 766 g/mol. The quantitative estimate of drug-likeness (QED) is 0.139. The first kappa shape index (κ1) is 27.3. The van der Waals surface area contributed by atoms with E-state index in [-0.39, 0.29) is 5.41 Å². The van der Waals surface area contributed by atoms with Gasteiger partial charge in [0.2, 0.25) is 0 Å². The van der Waals surface area contributed by atoms with Gasteiger partial charge < -0.3 is 6.64 Å². The highest BCUT2D eigenvalue weighted by Crippen LogP contribution is 2.52. The van der Waals surface area contributed by atoms with Crippen molar-refractivity contribution >= 4 is 67.9 Å². The minimum absolute atomic E-state index is 0.0380. The minimum Gasteiger partial charge on any atom is -0.328 e. The maximum atomic E-state index is 3.47. The van der Waals surface area contributed by atoms with Crippen molar-refractivity contribution in [3.8, 4) is 44.5 Å². The fourth-order valence-corrected chi connectivity index (χ4v) is 7.62. The van der Waals surface area contributed by atoms with Crippen LogP contribution in [0.2, 0.25) is 0 Å². The van der Waals surface area contributed by atoms with Gasteiger partial charge in [0, 0.05) is 34.7 Å². The van der Waals surface area contributed by atoms with Crippen LogP contribution in [0.1, 0.15) is 25.0 Å². The summed E-state index contributed by atoms with van der Waals surface area (Å²) in [6.45, 7) is 4.66. The van der Waals surface area contributed by atoms with E-state index in [1.54, 1.807) is 0 Å². The second-order valence-corrected chi connectivity index (χ2v) is 13.3. The molecule has 6 aromatic carbocycles. The first-order valence-corrected chi connectivity index (χ1v) is 16.0. The van der Waals surface area contributed by atoms with E-state index in [2.05, 4.69) is 195 Å². The third-order valence-corrected chi connectivity index (χ3v) is 9.65. The Morgan fingerprint density at radius 2 is 1.40 bits per heavy atom. The molecule has 1 aliphatic rings. The van der Waals surface area contributed by atoms with Crippen LogP contribution < -0.4 is 6.64 Å². The molecule has 1 aliphatic carbocycles.